The van der Waals surface area contributed by atoms with Gasteiger partial charge in [0.25, 0.3) is 0 Å². The SMILES string of the molecule is CC.CN1Cc2cn[nH]c2C1. The van der Waals surface area contributed by atoms with Crippen molar-refractivity contribution in [1.82, 2.24) is 15.1 Å². The monoisotopic (exact) mass is 153 g/mol. The van der Waals surface area contributed by atoms with Gasteiger partial charge >= 0.3 is 0 Å². The summed E-state index contributed by atoms with van der Waals surface area (Å²) in [5.41, 5.74) is 2.62. The van der Waals surface area contributed by atoms with Gasteiger partial charge in [-0.15, -0.1) is 0 Å². The highest BCUT2D eigenvalue weighted by Gasteiger charge is 2.15. The molecular weight excluding hydrogens is 138 g/mol. The fourth-order valence-corrected chi connectivity index (χ4v) is 1.23. The van der Waals surface area contributed by atoms with Gasteiger partial charge in [0.15, 0.2) is 0 Å². The largest absolute Gasteiger partial charge is 0.296 e. The van der Waals surface area contributed by atoms with Crippen molar-refractivity contribution < 1.29 is 0 Å². The van der Waals surface area contributed by atoms with E-state index in [0.29, 0.717) is 0 Å². The summed E-state index contributed by atoms with van der Waals surface area (Å²) in [4.78, 5) is 2.25. The van der Waals surface area contributed by atoms with Gasteiger partial charge in [0.1, 0.15) is 0 Å². The second-order valence-electron chi connectivity index (χ2n) is 2.55. The van der Waals surface area contributed by atoms with Crippen LogP contribution in [0.5, 0.6) is 0 Å². The molecule has 2 heterocycles. The lowest BCUT2D eigenvalue weighted by atomic mass is 10.3. The van der Waals surface area contributed by atoms with E-state index in [2.05, 4.69) is 22.1 Å². The average Bonchev–Trinajstić information content (AvgIpc) is 2.51. The Bertz CT molecular complexity index is 196. The molecule has 1 aliphatic rings. The van der Waals surface area contributed by atoms with E-state index in [1.54, 1.807) is 0 Å². The number of hydrogen-bond acceptors (Lipinski definition) is 2. The number of aromatic amines is 1. The van der Waals surface area contributed by atoms with E-state index >= 15 is 0 Å². The molecule has 3 heteroatoms. The first-order valence-electron chi connectivity index (χ1n) is 4.06. The standard InChI is InChI=1S/C6H9N3.C2H6/c1-9-3-5-2-7-8-6(5)4-9;1-2/h2H,3-4H2,1H3,(H,7,8);1-2H3. The Morgan fingerprint density at radius 3 is 2.82 bits per heavy atom. The van der Waals surface area contributed by atoms with E-state index in [-0.39, 0.29) is 0 Å². The van der Waals surface area contributed by atoms with Gasteiger partial charge in [-0.1, -0.05) is 13.8 Å². The van der Waals surface area contributed by atoms with Crippen LogP contribution in [0.25, 0.3) is 0 Å². The maximum atomic E-state index is 3.93. The van der Waals surface area contributed by atoms with Crippen LogP contribution in [0.2, 0.25) is 0 Å². The number of rotatable bonds is 0. The smallest absolute Gasteiger partial charge is 0.0537 e. The molecule has 0 bridgehead atoms. The zero-order valence-corrected chi connectivity index (χ0v) is 7.39. The van der Waals surface area contributed by atoms with Crippen LogP contribution in [0.15, 0.2) is 6.20 Å². The van der Waals surface area contributed by atoms with Crippen molar-refractivity contribution in [2.45, 2.75) is 26.9 Å². The summed E-state index contributed by atoms with van der Waals surface area (Å²) in [6.07, 6.45) is 1.90. The molecule has 0 aromatic carbocycles. The minimum absolute atomic E-state index is 1.02. The Morgan fingerprint density at radius 2 is 2.18 bits per heavy atom. The molecule has 11 heavy (non-hydrogen) atoms. The van der Waals surface area contributed by atoms with Crippen LogP contribution in [-0.2, 0) is 13.1 Å². The molecule has 0 saturated carbocycles. The Morgan fingerprint density at radius 1 is 1.45 bits per heavy atom. The summed E-state index contributed by atoms with van der Waals surface area (Å²) in [6.45, 7) is 6.07. The predicted molar refractivity (Wildman–Crippen MR) is 45.1 cm³/mol. The summed E-state index contributed by atoms with van der Waals surface area (Å²) < 4.78 is 0. The molecule has 62 valence electrons. The third kappa shape index (κ3) is 1.60. The van der Waals surface area contributed by atoms with Gasteiger partial charge in [0.05, 0.1) is 11.9 Å². The van der Waals surface area contributed by atoms with Crippen molar-refractivity contribution in [3.63, 3.8) is 0 Å². The maximum absolute atomic E-state index is 3.93. The molecule has 0 fully saturated rings. The van der Waals surface area contributed by atoms with E-state index < -0.39 is 0 Å². The molecular formula is C8H15N3. The summed E-state index contributed by atoms with van der Waals surface area (Å²) >= 11 is 0. The van der Waals surface area contributed by atoms with Gasteiger partial charge < -0.3 is 0 Å². The number of H-pyrrole nitrogens is 1. The molecule has 2 rings (SSSR count). The third-order valence-electron chi connectivity index (χ3n) is 1.68. The predicted octanol–water partition coefficient (Wildman–Crippen LogP) is 1.38. The second-order valence-corrected chi connectivity index (χ2v) is 2.55. The van der Waals surface area contributed by atoms with Gasteiger partial charge in [-0.05, 0) is 7.05 Å². The summed E-state index contributed by atoms with van der Waals surface area (Å²) in [5.74, 6) is 0. The Labute approximate surface area is 67.4 Å². The van der Waals surface area contributed by atoms with Gasteiger partial charge in [0.2, 0.25) is 0 Å². The fraction of sp³-hybridized carbons (Fsp3) is 0.625. The third-order valence-corrected chi connectivity index (χ3v) is 1.68. The van der Waals surface area contributed by atoms with Gasteiger partial charge in [0, 0.05) is 18.7 Å². The molecule has 0 amide bonds. The topological polar surface area (TPSA) is 31.9 Å². The van der Waals surface area contributed by atoms with Crippen LogP contribution in [0.1, 0.15) is 25.1 Å². The van der Waals surface area contributed by atoms with Crippen LogP contribution >= 0.6 is 0 Å². The molecule has 1 aromatic heterocycles. The normalized spacial score (nSPS) is 15.5. The van der Waals surface area contributed by atoms with Crippen LogP contribution in [0, 0.1) is 0 Å². The van der Waals surface area contributed by atoms with Crippen molar-refractivity contribution >= 4 is 0 Å². The number of hydrogen-bond donors (Lipinski definition) is 1. The summed E-state index contributed by atoms with van der Waals surface area (Å²) in [7, 11) is 2.10. The molecule has 0 spiro atoms. The maximum Gasteiger partial charge on any atom is 0.0537 e. The minimum atomic E-state index is 1.02. The zero-order chi connectivity index (χ0) is 8.27. The van der Waals surface area contributed by atoms with Crippen LogP contribution in [-0.4, -0.2) is 22.1 Å². The van der Waals surface area contributed by atoms with E-state index in [9.17, 15) is 0 Å². The average molecular weight is 153 g/mol. The molecule has 0 unspecified atom stereocenters. The van der Waals surface area contributed by atoms with Crippen LogP contribution in [0.4, 0.5) is 0 Å². The second kappa shape index (κ2) is 3.53. The van der Waals surface area contributed by atoms with Gasteiger partial charge in [-0.3, -0.25) is 10.00 Å². The Hall–Kier alpha value is -0.830. The lowest BCUT2D eigenvalue weighted by molar-refractivity contribution is 0.348. The first-order chi connectivity index (χ1) is 5.36. The fourth-order valence-electron chi connectivity index (χ4n) is 1.23. The highest BCUT2D eigenvalue weighted by molar-refractivity contribution is 5.19. The van der Waals surface area contributed by atoms with Crippen molar-refractivity contribution in [3.05, 3.63) is 17.5 Å². The number of fused-ring (bicyclic) bond motifs is 1. The van der Waals surface area contributed by atoms with E-state index in [1.165, 1.54) is 11.3 Å². The number of aromatic nitrogens is 2. The molecule has 0 aliphatic carbocycles. The van der Waals surface area contributed by atoms with E-state index in [0.717, 1.165) is 13.1 Å². The summed E-state index contributed by atoms with van der Waals surface area (Å²) in [5, 5.41) is 6.88. The quantitative estimate of drug-likeness (QED) is 0.610. The molecule has 3 nitrogen and oxygen atoms in total. The molecule has 0 atom stereocenters. The molecule has 1 N–H and O–H groups in total. The Balaban J connectivity index is 0.000000281. The van der Waals surface area contributed by atoms with Crippen molar-refractivity contribution in [1.29, 1.82) is 0 Å². The minimum Gasteiger partial charge on any atom is -0.296 e. The van der Waals surface area contributed by atoms with Crippen LogP contribution in [0.3, 0.4) is 0 Å². The lowest BCUT2D eigenvalue weighted by Gasteiger charge is -2.02. The highest BCUT2D eigenvalue weighted by Crippen LogP contribution is 2.16. The van der Waals surface area contributed by atoms with E-state index in [4.69, 9.17) is 0 Å². The van der Waals surface area contributed by atoms with Gasteiger partial charge in [-0.25, -0.2) is 0 Å². The molecule has 0 radical (unpaired) electrons. The number of nitrogens with one attached hydrogen (secondary N) is 1. The van der Waals surface area contributed by atoms with Crippen molar-refractivity contribution in [2.24, 2.45) is 0 Å². The summed E-state index contributed by atoms with van der Waals surface area (Å²) in [6, 6.07) is 0. The van der Waals surface area contributed by atoms with Crippen molar-refractivity contribution in [2.75, 3.05) is 7.05 Å². The molecule has 1 aromatic rings. The molecule has 1 aliphatic heterocycles. The van der Waals surface area contributed by atoms with Crippen molar-refractivity contribution in [3.8, 4) is 0 Å². The first-order valence-corrected chi connectivity index (χ1v) is 4.06. The number of nitrogens with zero attached hydrogens (tertiary/aromatic N) is 2. The molecule has 0 saturated heterocycles. The lowest BCUT2D eigenvalue weighted by Crippen LogP contribution is -2.08. The zero-order valence-electron chi connectivity index (χ0n) is 7.39. The van der Waals surface area contributed by atoms with E-state index in [1.807, 2.05) is 20.0 Å². The van der Waals surface area contributed by atoms with Gasteiger partial charge in [-0.2, -0.15) is 5.10 Å². The van der Waals surface area contributed by atoms with Crippen LogP contribution < -0.4 is 0 Å². The first kappa shape index (κ1) is 8.27. The Kier molecular flexibility index (Phi) is 2.65. The highest BCUT2D eigenvalue weighted by atomic mass is 15.2.